The van der Waals surface area contributed by atoms with Gasteiger partial charge in [0.05, 0.1) is 23.2 Å². The van der Waals surface area contributed by atoms with Gasteiger partial charge in [-0.1, -0.05) is 32.9 Å². The molecule has 3 heterocycles. The van der Waals surface area contributed by atoms with Gasteiger partial charge in [0.25, 0.3) is 0 Å². The summed E-state index contributed by atoms with van der Waals surface area (Å²) in [5, 5.41) is 10.6. The average Bonchev–Trinajstić information content (AvgIpc) is 3.34. The quantitative estimate of drug-likeness (QED) is 0.668. The highest BCUT2D eigenvalue weighted by Gasteiger charge is 2.33. The lowest BCUT2D eigenvalue weighted by Crippen LogP contribution is -2.45. The summed E-state index contributed by atoms with van der Waals surface area (Å²) >= 11 is 0. The number of aromatic nitrogens is 2. The number of amides is 2. The molecular formula is C24H34FN5O3S. The molecule has 0 saturated carbocycles. The van der Waals surface area contributed by atoms with E-state index in [1.54, 1.807) is 16.8 Å². The van der Waals surface area contributed by atoms with Crippen molar-refractivity contribution in [2.24, 2.45) is 0 Å². The van der Waals surface area contributed by atoms with Gasteiger partial charge in [0.2, 0.25) is 0 Å². The van der Waals surface area contributed by atoms with Gasteiger partial charge in [-0.3, -0.25) is 10.2 Å². The minimum atomic E-state index is -3.08. The van der Waals surface area contributed by atoms with Crippen molar-refractivity contribution in [3.8, 4) is 0 Å². The highest BCUT2D eigenvalue weighted by atomic mass is 32.2. The first kappa shape index (κ1) is 24.7. The van der Waals surface area contributed by atoms with E-state index >= 15 is 0 Å². The van der Waals surface area contributed by atoms with E-state index in [1.807, 2.05) is 26.8 Å². The first-order valence-electron chi connectivity index (χ1n) is 11.8. The third kappa shape index (κ3) is 6.15. The second kappa shape index (κ2) is 9.65. The fourth-order valence-electron chi connectivity index (χ4n) is 4.52. The number of carbonyl (C=O) groups excluding carboxylic acids is 1. The number of rotatable bonds is 5. The number of nitrogens with one attached hydrogen (secondary N) is 2. The maximum absolute atomic E-state index is 13.1. The van der Waals surface area contributed by atoms with Gasteiger partial charge in [-0.15, -0.1) is 0 Å². The van der Waals surface area contributed by atoms with E-state index in [0.29, 0.717) is 12.2 Å². The Hall–Kier alpha value is -2.46. The summed E-state index contributed by atoms with van der Waals surface area (Å²) in [5.41, 5.74) is 1.65. The molecule has 2 fully saturated rings. The van der Waals surface area contributed by atoms with Crippen LogP contribution in [-0.2, 0) is 21.8 Å². The predicted octanol–water partition coefficient (Wildman–Crippen LogP) is 3.47. The molecule has 2 aliphatic heterocycles. The Balaban J connectivity index is 1.35. The summed E-state index contributed by atoms with van der Waals surface area (Å²) in [6, 6.07) is 7.88. The standard InChI is InChI=1S/C24H34FN5O3S/c1-24(2,3)21-14-22(30(28-21)20-10-13-34(32,33)16-20)27-23(31)26-19-8-11-29(12-9-19)15-17-4-6-18(25)7-5-17/h4-7,14,19-20H,8-13,15-16H2,1-3H3,(H2,26,27,31). The van der Waals surface area contributed by atoms with Gasteiger partial charge < -0.3 is 5.32 Å². The predicted molar refractivity (Wildman–Crippen MR) is 130 cm³/mol. The van der Waals surface area contributed by atoms with Gasteiger partial charge in [0, 0.05) is 37.2 Å². The first-order chi connectivity index (χ1) is 16.0. The summed E-state index contributed by atoms with van der Waals surface area (Å²) < 4.78 is 38.8. The highest BCUT2D eigenvalue weighted by molar-refractivity contribution is 7.91. The third-order valence-corrected chi connectivity index (χ3v) is 8.29. The number of urea groups is 1. The monoisotopic (exact) mass is 491 g/mol. The molecule has 1 unspecified atom stereocenters. The van der Waals surface area contributed by atoms with Gasteiger partial charge in [-0.25, -0.2) is 22.3 Å². The zero-order chi connectivity index (χ0) is 24.5. The van der Waals surface area contributed by atoms with E-state index in [1.165, 1.54) is 12.1 Å². The van der Waals surface area contributed by atoms with Crippen LogP contribution in [0, 0.1) is 5.82 Å². The van der Waals surface area contributed by atoms with Crippen LogP contribution in [0.4, 0.5) is 15.0 Å². The van der Waals surface area contributed by atoms with Crippen molar-refractivity contribution in [1.29, 1.82) is 0 Å². The van der Waals surface area contributed by atoms with Gasteiger partial charge >= 0.3 is 6.03 Å². The molecule has 0 radical (unpaired) electrons. The number of carbonyl (C=O) groups is 1. The molecule has 186 valence electrons. The first-order valence-corrected chi connectivity index (χ1v) is 13.7. The van der Waals surface area contributed by atoms with Crippen molar-refractivity contribution in [2.45, 2.75) is 64.1 Å². The fraction of sp³-hybridized carbons (Fsp3) is 0.583. The van der Waals surface area contributed by atoms with Gasteiger partial charge in [-0.2, -0.15) is 5.10 Å². The van der Waals surface area contributed by atoms with Crippen LogP contribution in [-0.4, -0.2) is 59.8 Å². The fourth-order valence-corrected chi connectivity index (χ4v) is 6.21. The van der Waals surface area contributed by atoms with Crippen molar-refractivity contribution in [3.63, 3.8) is 0 Å². The molecule has 10 heteroatoms. The molecule has 0 spiro atoms. The number of piperidine rings is 1. The molecule has 34 heavy (non-hydrogen) atoms. The number of likely N-dealkylation sites (tertiary alicyclic amines) is 1. The number of halogens is 1. The Morgan fingerprint density at radius 1 is 1.15 bits per heavy atom. The molecular weight excluding hydrogens is 457 g/mol. The van der Waals surface area contributed by atoms with E-state index in [9.17, 15) is 17.6 Å². The van der Waals surface area contributed by atoms with E-state index in [-0.39, 0.29) is 40.9 Å². The molecule has 4 rings (SSSR count). The minimum absolute atomic E-state index is 0.0427. The molecule has 1 aromatic heterocycles. The molecule has 2 N–H and O–H groups in total. The molecule has 2 aliphatic rings. The Labute approximate surface area is 200 Å². The zero-order valence-corrected chi connectivity index (χ0v) is 20.9. The summed E-state index contributed by atoms with van der Waals surface area (Å²) in [6.45, 7) is 8.55. The molecule has 0 aliphatic carbocycles. The number of hydrogen-bond acceptors (Lipinski definition) is 5. The maximum Gasteiger partial charge on any atom is 0.320 e. The second-order valence-electron chi connectivity index (χ2n) is 10.4. The average molecular weight is 492 g/mol. The third-order valence-electron chi connectivity index (χ3n) is 6.54. The summed E-state index contributed by atoms with van der Waals surface area (Å²) in [6.07, 6.45) is 2.14. The van der Waals surface area contributed by atoms with Crippen molar-refractivity contribution >= 4 is 21.7 Å². The van der Waals surface area contributed by atoms with Crippen molar-refractivity contribution in [1.82, 2.24) is 20.0 Å². The van der Waals surface area contributed by atoms with Gasteiger partial charge in [-0.05, 0) is 37.0 Å². The number of benzene rings is 1. The van der Waals surface area contributed by atoms with Crippen molar-refractivity contribution < 1.29 is 17.6 Å². The van der Waals surface area contributed by atoms with E-state index in [0.717, 1.165) is 43.7 Å². The van der Waals surface area contributed by atoms with Crippen LogP contribution >= 0.6 is 0 Å². The Bertz CT molecular complexity index is 1120. The molecule has 2 aromatic rings. The van der Waals surface area contributed by atoms with Gasteiger partial charge in [0.15, 0.2) is 9.84 Å². The SMILES string of the molecule is CC(C)(C)c1cc(NC(=O)NC2CCN(Cc3ccc(F)cc3)CC2)n(C2CCS(=O)(=O)C2)n1. The zero-order valence-electron chi connectivity index (χ0n) is 20.1. The van der Waals surface area contributed by atoms with Crippen LogP contribution in [0.15, 0.2) is 30.3 Å². The Kier molecular flexibility index (Phi) is 7.00. The minimum Gasteiger partial charge on any atom is -0.335 e. The molecule has 2 saturated heterocycles. The van der Waals surface area contributed by atoms with Crippen LogP contribution in [0.5, 0.6) is 0 Å². The Morgan fingerprint density at radius 2 is 1.82 bits per heavy atom. The lowest BCUT2D eigenvalue weighted by Gasteiger charge is -2.32. The van der Waals surface area contributed by atoms with Crippen LogP contribution in [0.1, 0.15) is 57.3 Å². The van der Waals surface area contributed by atoms with E-state index < -0.39 is 9.84 Å². The van der Waals surface area contributed by atoms with Crippen LogP contribution in [0.25, 0.3) is 0 Å². The van der Waals surface area contributed by atoms with Crippen LogP contribution in [0.2, 0.25) is 0 Å². The second-order valence-corrected chi connectivity index (χ2v) is 12.7. The number of sulfone groups is 1. The number of anilines is 1. The number of hydrogen-bond donors (Lipinski definition) is 2. The normalized spacial score (nSPS) is 21.5. The molecule has 1 aromatic carbocycles. The number of nitrogens with zero attached hydrogens (tertiary/aromatic N) is 3. The summed E-state index contributed by atoms with van der Waals surface area (Å²) in [5.74, 6) is 0.479. The molecule has 0 bridgehead atoms. The summed E-state index contributed by atoms with van der Waals surface area (Å²) in [7, 11) is -3.08. The lowest BCUT2D eigenvalue weighted by atomic mass is 9.92. The van der Waals surface area contributed by atoms with Crippen molar-refractivity contribution in [3.05, 3.63) is 47.4 Å². The van der Waals surface area contributed by atoms with Crippen LogP contribution in [0.3, 0.4) is 0 Å². The van der Waals surface area contributed by atoms with Crippen molar-refractivity contribution in [2.75, 3.05) is 29.9 Å². The molecule has 2 amide bonds. The highest BCUT2D eigenvalue weighted by Crippen LogP contribution is 2.31. The molecule has 8 nitrogen and oxygen atoms in total. The largest absolute Gasteiger partial charge is 0.335 e. The lowest BCUT2D eigenvalue weighted by molar-refractivity contribution is 0.189. The van der Waals surface area contributed by atoms with E-state index in [4.69, 9.17) is 0 Å². The molecule has 1 atom stereocenters. The van der Waals surface area contributed by atoms with Crippen LogP contribution < -0.4 is 10.6 Å². The smallest absolute Gasteiger partial charge is 0.320 e. The Morgan fingerprint density at radius 3 is 2.41 bits per heavy atom. The van der Waals surface area contributed by atoms with E-state index in [2.05, 4.69) is 20.6 Å². The maximum atomic E-state index is 13.1. The summed E-state index contributed by atoms with van der Waals surface area (Å²) in [4.78, 5) is 15.1. The van der Waals surface area contributed by atoms with Gasteiger partial charge in [0.1, 0.15) is 11.6 Å². The topological polar surface area (TPSA) is 96.3 Å².